The maximum absolute atomic E-state index is 3.80. The van der Waals surface area contributed by atoms with E-state index in [-0.39, 0.29) is 5.41 Å². The number of benzene rings is 6. The van der Waals surface area contributed by atoms with Crippen molar-refractivity contribution in [2.75, 3.05) is 11.9 Å². The number of nitrogens with one attached hydrogen (secondary N) is 1. The van der Waals surface area contributed by atoms with Gasteiger partial charge < -0.3 is 4.90 Å². The first-order valence-electron chi connectivity index (χ1n) is 14.4. The van der Waals surface area contributed by atoms with Crippen molar-refractivity contribution in [2.45, 2.75) is 18.8 Å². The predicted octanol–water partition coefficient (Wildman–Crippen LogP) is 8.44. The number of H-pyrrole nitrogens is 1. The van der Waals surface area contributed by atoms with Crippen LogP contribution in [-0.2, 0) is 18.9 Å². The zero-order chi connectivity index (χ0) is 27.7. The Balaban J connectivity index is 1.36. The Bertz CT molecular complexity index is 2180. The van der Waals surface area contributed by atoms with E-state index >= 15 is 0 Å². The van der Waals surface area contributed by atoms with Gasteiger partial charge in [-0.05, 0) is 75.7 Å². The Morgan fingerprint density at radius 3 is 2.17 bits per heavy atom. The van der Waals surface area contributed by atoms with Crippen molar-refractivity contribution in [2.24, 2.45) is 7.05 Å². The zero-order valence-corrected chi connectivity index (χ0v) is 23.6. The van der Waals surface area contributed by atoms with Crippen molar-refractivity contribution < 1.29 is 4.57 Å². The molecule has 41 heavy (non-hydrogen) atoms. The number of imidazole rings is 1. The third kappa shape index (κ3) is 3.55. The second-order valence-electron chi connectivity index (χ2n) is 11.7. The number of aromatic nitrogens is 2. The summed E-state index contributed by atoms with van der Waals surface area (Å²) in [6.07, 6.45) is 3.28. The van der Waals surface area contributed by atoms with E-state index in [4.69, 9.17) is 0 Å². The molecule has 0 aliphatic carbocycles. The van der Waals surface area contributed by atoms with Gasteiger partial charge in [0.05, 0.1) is 7.05 Å². The summed E-state index contributed by atoms with van der Waals surface area (Å²) in [5, 5.41) is 7.68. The first kappa shape index (κ1) is 24.0. The fraction of sp³-hybridized carbons (Fsp3) is 0.132. The zero-order valence-electron chi connectivity index (χ0n) is 23.6. The van der Waals surface area contributed by atoms with Crippen LogP contribution in [0.4, 0.5) is 5.69 Å². The number of hydrogen-bond acceptors (Lipinski definition) is 1. The van der Waals surface area contributed by atoms with Crippen LogP contribution in [-0.4, -0.2) is 12.0 Å². The molecule has 0 bridgehead atoms. The van der Waals surface area contributed by atoms with E-state index in [2.05, 4.69) is 157 Å². The van der Waals surface area contributed by atoms with Gasteiger partial charge in [0.25, 0.3) is 5.82 Å². The second-order valence-corrected chi connectivity index (χ2v) is 11.7. The minimum Gasteiger partial charge on any atom is -0.347 e. The molecule has 0 saturated heterocycles. The van der Waals surface area contributed by atoms with Gasteiger partial charge in [-0.3, -0.25) is 0 Å². The van der Waals surface area contributed by atoms with Gasteiger partial charge in [-0.2, -0.15) is 0 Å². The van der Waals surface area contributed by atoms with Gasteiger partial charge in [0, 0.05) is 35.3 Å². The monoisotopic (exact) mass is 530 g/mol. The van der Waals surface area contributed by atoms with Crippen molar-refractivity contribution in [3.63, 3.8) is 0 Å². The van der Waals surface area contributed by atoms with E-state index < -0.39 is 0 Å². The van der Waals surface area contributed by atoms with Crippen molar-refractivity contribution >= 4 is 55.1 Å². The molecule has 2 heterocycles. The van der Waals surface area contributed by atoms with Gasteiger partial charge >= 0.3 is 0 Å². The van der Waals surface area contributed by atoms with Crippen LogP contribution in [0.25, 0.3) is 49.4 Å². The number of likely N-dealkylation sites (N-methyl/N-ethyl adjacent to an activating group) is 1. The molecule has 1 unspecified atom stereocenters. The number of aryl methyl sites for hydroxylation is 1. The van der Waals surface area contributed by atoms with Gasteiger partial charge in [-0.25, -0.2) is 9.55 Å². The highest BCUT2D eigenvalue weighted by Crippen LogP contribution is 2.52. The molecule has 1 N–H and O–H groups in total. The number of aromatic amines is 1. The Kier molecular flexibility index (Phi) is 5.14. The average Bonchev–Trinajstić information content (AvgIpc) is 3.44. The molecular formula is C38H32N3+. The van der Waals surface area contributed by atoms with E-state index in [1.54, 1.807) is 0 Å². The molecule has 0 fully saturated rings. The fourth-order valence-electron chi connectivity index (χ4n) is 7.21. The standard InChI is InChI=1S/C38H31N3/c1-38(24-25-16-17-26-10-4-5-13-29(26)22-25)34(40(2)32-20-18-27-11-6-8-14-30(27)36(32)38)23-35-39-37-31-15-9-7-12-28(31)19-21-33(37)41(35)3/h4-23H,24H2,1-3H3/p+1/b34-23+. The smallest absolute Gasteiger partial charge is 0.281 e. The molecule has 0 spiro atoms. The van der Waals surface area contributed by atoms with Crippen molar-refractivity contribution in [3.8, 4) is 0 Å². The summed E-state index contributed by atoms with van der Waals surface area (Å²) in [4.78, 5) is 6.21. The first-order chi connectivity index (χ1) is 20.0. The molecule has 1 atom stereocenters. The van der Waals surface area contributed by atoms with E-state index in [1.807, 2.05) is 0 Å². The lowest BCUT2D eigenvalue weighted by Gasteiger charge is -2.29. The Morgan fingerprint density at radius 1 is 0.732 bits per heavy atom. The molecule has 0 saturated carbocycles. The highest BCUT2D eigenvalue weighted by molar-refractivity contribution is 6.03. The molecule has 3 nitrogen and oxygen atoms in total. The van der Waals surface area contributed by atoms with Crippen LogP contribution >= 0.6 is 0 Å². The van der Waals surface area contributed by atoms with Crippen molar-refractivity contribution in [1.82, 2.24) is 4.98 Å². The van der Waals surface area contributed by atoms with Crippen LogP contribution in [0, 0.1) is 0 Å². The van der Waals surface area contributed by atoms with Crippen LogP contribution in [0.1, 0.15) is 23.9 Å². The summed E-state index contributed by atoms with van der Waals surface area (Å²) in [7, 11) is 4.39. The lowest BCUT2D eigenvalue weighted by molar-refractivity contribution is -0.646. The molecule has 6 aromatic carbocycles. The lowest BCUT2D eigenvalue weighted by atomic mass is 9.74. The molecule has 3 heteroatoms. The van der Waals surface area contributed by atoms with Crippen LogP contribution < -0.4 is 9.47 Å². The van der Waals surface area contributed by atoms with E-state index in [0.29, 0.717) is 0 Å². The van der Waals surface area contributed by atoms with Crippen LogP contribution in [0.2, 0.25) is 0 Å². The minimum absolute atomic E-state index is 0.236. The van der Waals surface area contributed by atoms with Crippen molar-refractivity contribution in [3.05, 3.63) is 138 Å². The third-order valence-electron chi connectivity index (χ3n) is 9.27. The maximum Gasteiger partial charge on any atom is 0.281 e. The summed E-state index contributed by atoms with van der Waals surface area (Å²) in [6, 6.07) is 42.1. The second kappa shape index (κ2) is 8.81. The Labute approximate surface area is 240 Å². The number of hydrogen-bond donors (Lipinski definition) is 1. The number of allylic oxidation sites excluding steroid dienone is 1. The minimum atomic E-state index is -0.236. The summed E-state index contributed by atoms with van der Waals surface area (Å²) >= 11 is 0. The summed E-state index contributed by atoms with van der Waals surface area (Å²) < 4.78 is 2.29. The van der Waals surface area contributed by atoms with Crippen LogP contribution in [0.15, 0.2) is 121 Å². The maximum atomic E-state index is 3.80. The molecule has 1 aromatic heterocycles. The lowest BCUT2D eigenvalue weighted by Crippen LogP contribution is -2.33. The predicted molar refractivity (Wildman–Crippen MR) is 172 cm³/mol. The van der Waals surface area contributed by atoms with Gasteiger partial charge in [-0.1, -0.05) is 91.0 Å². The summed E-state index contributed by atoms with van der Waals surface area (Å²) in [5.74, 6) is 1.10. The fourth-order valence-corrected chi connectivity index (χ4v) is 7.21. The molecule has 7 aromatic rings. The van der Waals surface area contributed by atoms with E-state index in [9.17, 15) is 0 Å². The van der Waals surface area contributed by atoms with Crippen LogP contribution in [0.5, 0.6) is 0 Å². The molecule has 1 aliphatic heterocycles. The Hall–Kier alpha value is -4.89. The van der Waals surface area contributed by atoms with Gasteiger partial charge in [-0.15, -0.1) is 0 Å². The molecule has 0 amide bonds. The van der Waals surface area contributed by atoms with Crippen LogP contribution in [0.3, 0.4) is 0 Å². The van der Waals surface area contributed by atoms with Gasteiger partial charge in [0.15, 0.2) is 11.0 Å². The number of fused-ring (bicyclic) bond motifs is 7. The number of rotatable bonds is 3. The average molecular weight is 531 g/mol. The highest BCUT2D eigenvalue weighted by atomic mass is 15.2. The molecule has 1 aliphatic rings. The number of anilines is 1. The summed E-state index contributed by atoms with van der Waals surface area (Å²) in [5.41, 5.74) is 7.47. The Morgan fingerprint density at radius 2 is 1.37 bits per heavy atom. The molecule has 8 rings (SSSR count). The van der Waals surface area contributed by atoms with Gasteiger partial charge in [0.1, 0.15) is 0 Å². The van der Waals surface area contributed by atoms with E-state index in [1.165, 1.54) is 65.9 Å². The molecule has 198 valence electrons. The highest BCUT2D eigenvalue weighted by Gasteiger charge is 2.44. The largest absolute Gasteiger partial charge is 0.347 e. The SMILES string of the molecule is CN1/C(=C/c2[nH]c3c4ccccc4ccc3[n+]2C)C(C)(Cc2ccc3ccccc3c2)c2c1ccc1ccccc21. The van der Waals surface area contributed by atoms with Crippen molar-refractivity contribution in [1.29, 1.82) is 0 Å². The third-order valence-corrected chi connectivity index (χ3v) is 9.27. The first-order valence-corrected chi connectivity index (χ1v) is 14.4. The molecular weight excluding hydrogens is 498 g/mol. The van der Waals surface area contributed by atoms with E-state index in [0.717, 1.165) is 12.2 Å². The topological polar surface area (TPSA) is 22.9 Å². The normalized spacial score (nSPS) is 17.8. The molecule has 0 radical (unpaired) electrons. The van der Waals surface area contributed by atoms with Gasteiger partial charge in [0.2, 0.25) is 0 Å². The number of nitrogens with zero attached hydrogens (tertiary/aromatic N) is 2. The quantitative estimate of drug-likeness (QED) is 0.228. The summed E-state index contributed by atoms with van der Waals surface area (Å²) in [6.45, 7) is 2.43.